The lowest BCUT2D eigenvalue weighted by atomic mass is 10.0. The van der Waals surface area contributed by atoms with E-state index in [1.165, 1.54) is 16.3 Å². The number of amidine groups is 1. The summed E-state index contributed by atoms with van der Waals surface area (Å²) in [6, 6.07) is 81.7. The lowest BCUT2D eigenvalue weighted by Gasteiger charge is -2.27. The van der Waals surface area contributed by atoms with Crippen molar-refractivity contribution in [2.75, 3.05) is 0 Å². The average Bonchev–Trinajstić information content (AvgIpc) is 4.40. The summed E-state index contributed by atoms with van der Waals surface area (Å²) in [5.74, 6) is 3.04. The molecular formula is C67H45N9. The van der Waals surface area contributed by atoms with Crippen LogP contribution in [0.1, 0.15) is 29.9 Å². The molecular weight excluding hydrogens is 931 g/mol. The van der Waals surface area contributed by atoms with Crippen molar-refractivity contribution >= 4 is 105 Å². The van der Waals surface area contributed by atoms with Gasteiger partial charge in [-0.15, -0.1) is 0 Å². The van der Waals surface area contributed by atoms with E-state index < -0.39 is 6.29 Å². The molecule has 2 aliphatic heterocycles. The number of aliphatic imine (C=N–C) groups is 3. The number of nitrogens with zero attached hydrogens (tertiary/aromatic N) is 8. The normalized spacial score (nSPS) is 15.9. The molecule has 14 aromatic rings. The molecule has 2 aliphatic rings. The molecule has 0 radical (unpaired) electrons. The first kappa shape index (κ1) is 42.4. The fraction of sp³-hybridized carbons (Fsp3) is 0.0448. The molecule has 9 aromatic carbocycles. The van der Waals surface area contributed by atoms with Gasteiger partial charge >= 0.3 is 0 Å². The SMILES string of the molecule is C1=CC(n2c3ccccc3c3ccc4c(c5ccccc5n4C4N=C(c5ccccc5)N=C(n5c6ccccc6c6ccc7c8ccccc8n(-c8cccc(-c9ccccc9)n8)c7c65)N4)c32)=NC(c2ccccc2)C1. The van der Waals surface area contributed by atoms with Crippen molar-refractivity contribution in [1.29, 1.82) is 0 Å². The van der Waals surface area contributed by atoms with Crippen LogP contribution in [0.25, 0.3) is 104 Å². The second-order valence-electron chi connectivity index (χ2n) is 19.7. The summed E-state index contributed by atoms with van der Waals surface area (Å²) >= 11 is 0. The van der Waals surface area contributed by atoms with Gasteiger partial charge in [0, 0.05) is 54.2 Å². The van der Waals surface area contributed by atoms with Gasteiger partial charge in [-0.2, -0.15) is 4.99 Å². The summed E-state index contributed by atoms with van der Waals surface area (Å²) in [5, 5.41) is 13.1. The zero-order valence-corrected chi connectivity index (χ0v) is 41.0. The third-order valence-electron chi connectivity index (χ3n) is 15.5. The monoisotopic (exact) mass is 975 g/mol. The maximum atomic E-state index is 5.61. The number of hydrogen-bond acceptors (Lipinski definition) is 5. The maximum absolute atomic E-state index is 5.61. The standard InChI is InChI=1S/C67H45N9/c1-4-20-42(21-5-1)52-30-18-36-59(68-52)74-54-32-14-10-26-45(54)48-40-41-58-61(62(48)74)51-29-13-17-35-57(51)73(58)66-70-65(44-24-8-3-9-25-44)71-67(72-66)76-56-34-16-12-28-47(56)50-39-38-49-46-27-11-15-33-55(46)75(63(49)64(50)76)60-37-19-31-53(69-60)43-22-6-2-7-23-43/h1-29,31-41,52,66H,30H2,(H,70,71,72). The predicted octanol–water partition coefficient (Wildman–Crippen LogP) is 15.5. The lowest BCUT2D eigenvalue weighted by Crippen LogP contribution is -2.40. The number of rotatable bonds is 5. The third-order valence-corrected chi connectivity index (χ3v) is 15.5. The molecule has 7 heterocycles. The highest BCUT2D eigenvalue weighted by atomic mass is 15.4. The van der Waals surface area contributed by atoms with Crippen LogP contribution in [-0.2, 0) is 0 Å². The van der Waals surface area contributed by atoms with Crippen molar-refractivity contribution < 1.29 is 0 Å². The van der Waals surface area contributed by atoms with Crippen molar-refractivity contribution in [3.8, 4) is 17.1 Å². The minimum atomic E-state index is -0.625. The van der Waals surface area contributed by atoms with Crippen LogP contribution < -0.4 is 5.32 Å². The van der Waals surface area contributed by atoms with E-state index in [1.54, 1.807) is 0 Å². The zero-order chi connectivity index (χ0) is 49.8. The molecule has 0 fully saturated rings. The summed E-state index contributed by atoms with van der Waals surface area (Å²) in [6.45, 7) is 0. The van der Waals surface area contributed by atoms with Gasteiger partial charge in [0.2, 0.25) is 12.2 Å². The Morgan fingerprint density at radius 3 is 1.66 bits per heavy atom. The number of dihydropyridines is 1. The molecule has 9 nitrogen and oxygen atoms in total. The molecule has 0 saturated carbocycles. The molecule has 0 aliphatic carbocycles. The molecule has 0 bridgehead atoms. The number of nitrogens with one attached hydrogen (secondary N) is 1. The van der Waals surface area contributed by atoms with Gasteiger partial charge < -0.3 is 9.88 Å². The van der Waals surface area contributed by atoms with E-state index in [4.69, 9.17) is 20.0 Å². The Morgan fingerprint density at radius 1 is 0.408 bits per heavy atom. The van der Waals surface area contributed by atoms with Crippen LogP contribution >= 0.6 is 0 Å². The first-order valence-electron chi connectivity index (χ1n) is 25.9. The highest BCUT2D eigenvalue weighted by Gasteiger charge is 2.30. The van der Waals surface area contributed by atoms with Crippen LogP contribution in [0.5, 0.6) is 0 Å². The number of benzene rings is 9. The Labute approximate surface area is 436 Å². The van der Waals surface area contributed by atoms with Crippen LogP contribution in [0, 0.1) is 0 Å². The fourth-order valence-electron chi connectivity index (χ4n) is 12.3. The molecule has 0 saturated heterocycles. The smallest absolute Gasteiger partial charge is 0.213 e. The first-order chi connectivity index (χ1) is 37.7. The van der Waals surface area contributed by atoms with Gasteiger partial charge in [0.1, 0.15) is 11.7 Å². The van der Waals surface area contributed by atoms with Gasteiger partial charge in [-0.3, -0.25) is 18.7 Å². The largest absolute Gasteiger partial charge is 0.316 e. The van der Waals surface area contributed by atoms with E-state index in [9.17, 15) is 0 Å². The minimum absolute atomic E-state index is 0.00638. The first-order valence-corrected chi connectivity index (χ1v) is 25.9. The van der Waals surface area contributed by atoms with Crippen LogP contribution in [0.4, 0.5) is 0 Å². The van der Waals surface area contributed by atoms with Crippen molar-refractivity contribution in [3.05, 3.63) is 254 Å². The third kappa shape index (κ3) is 6.32. The number of pyridine rings is 1. The summed E-state index contributed by atoms with van der Waals surface area (Å²) < 4.78 is 9.43. The van der Waals surface area contributed by atoms with E-state index in [1.807, 2.05) is 12.1 Å². The zero-order valence-electron chi connectivity index (χ0n) is 41.0. The quantitative estimate of drug-likeness (QED) is 0.186. The van der Waals surface area contributed by atoms with Crippen LogP contribution in [0.15, 0.2) is 258 Å². The molecule has 9 heteroatoms. The summed E-state index contributed by atoms with van der Waals surface area (Å²) in [6.07, 6.45) is 4.69. The van der Waals surface area contributed by atoms with Gasteiger partial charge in [0.05, 0.1) is 55.9 Å². The van der Waals surface area contributed by atoms with Gasteiger partial charge in [-0.1, -0.05) is 194 Å². The number of fused-ring (bicyclic) bond motifs is 14. The van der Waals surface area contributed by atoms with Crippen LogP contribution in [-0.4, -0.2) is 40.9 Å². The van der Waals surface area contributed by atoms with E-state index in [2.05, 4.69) is 254 Å². The summed E-state index contributed by atoms with van der Waals surface area (Å²) in [5.41, 5.74) is 12.6. The lowest BCUT2D eigenvalue weighted by molar-refractivity contribution is 0.509. The van der Waals surface area contributed by atoms with Gasteiger partial charge in [0.15, 0.2) is 5.84 Å². The molecule has 2 unspecified atom stereocenters. The van der Waals surface area contributed by atoms with Crippen LogP contribution in [0.2, 0.25) is 0 Å². The summed E-state index contributed by atoms with van der Waals surface area (Å²) in [7, 11) is 0. The topological polar surface area (TPSA) is 81.7 Å². The molecule has 16 rings (SSSR count). The van der Waals surface area contributed by atoms with E-state index in [-0.39, 0.29) is 6.04 Å². The van der Waals surface area contributed by atoms with Gasteiger partial charge in [-0.25, -0.2) is 9.98 Å². The Kier molecular flexibility index (Phi) is 9.32. The molecule has 0 amide bonds. The second kappa shape index (κ2) is 16.7. The highest BCUT2D eigenvalue weighted by molar-refractivity contribution is 6.29. The van der Waals surface area contributed by atoms with E-state index in [0.717, 1.165) is 111 Å². The van der Waals surface area contributed by atoms with Gasteiger partial charge in [-0.05, 0) is 60.5 Å². The number of aromatic nitrogens is 5. The maximum Gasteiger partial charge on any atom is 0.213 e. The average molecular weight is 976 g/mol. The Morgan fingerprint density at radius 2 is 0.961 bits per heavy atom. The van der Waals surface area contributed by atoms with Crippen molar-refractivity contribution in [2.45, 2.75) is 18.8 Å². The molecule has 1 N–H and O–H groups in total. The van der Waals surface area contributed by atoms with Crippen molar-refractivity contribution in [1.82, 2.24) is 28.6 Å². The van der Waals surface area contributed by atoms with Gasteiger partial charge in [0.25, 0.3) is 0 Å². The molecule has 2 atom stereocenters. The predicted molar refractivity (Wildman–Crippen MR) is 313 cm³/mol. The van der Waals surface area contributed by atoms with Crippen LogP contribution in [0.3, 0.4) is 0 Å². The second-order valence-corrected chi connectivity index (χ2v) is 19.7. The van der Waals surface area contributed by atoms with Crippen molar-refractivity contribution in [3.63, 3.8) is 0 Å². The number of para-hydroxylation sites is 4. The highest BCUT2D eigenvalue weighted by Crippen LogP contribution is 2.44. The minimum Gasteiger partial charge on any atom is -0.316 e. The number of hydrogen-bond donors (Lipinski definition) is 1. The Balaban J connectivity index is 0.959. The van der Waals surface area contributed by atoms with E-state index >= 15 is 0 Å². The molecule has 0 spiro atoms. The molecule has 76 heavy (non-hydrogen) atoms. The molecule has 358 valence electrons. The Bertz CT molecular complexity index is 4820. The fourth-order valence-corrected chi connectivity index (χ4v) is 12.3. The van der Waals surface area contributed by atoms with E-state index in [0.29, 0.717) is 11.8 Å². The molecule has 5 aromatic heterocycles. The number of allylic oxidation sites excluding steroid dienone is 1. The summed E-state index contributed by atoms with van der Waals surface area (Å²) in [4.78, 5) is 22.1. The van der Waals surface area contributed by atoms with Crippen molar-refractivity contribution in [2.24, 2.45) is 15.0 Å². The Hall–Kier alpha value is -10.1.